The van der Waals surface area contributed by atoms with E-state index in [1.54, 1.807) is 18.2 Å². The first kappa shape index (κ1) is 23.9. The number of unbranched alkanes of at least 4 members (excludes halogenated alkanes) is 1. The Morgan fingerprint density at radius 3 is 2.33 bits per heavy atom. The molecule has 0 aliphatic rings. The van der Waals surface area contributed by atoms with Gasteiger partial charge in [-0.1, -0.05) is 50.2 Å². The summed E-state index contributed by atoms with van der Waals surface area (Å²) in [6.07, 6.45) is 2.12. The van der Waals surface area contributed by atoms with E-state index in [9.17, 15) is 4.79 Å². The van der Waals surface area contributed by atoms with Gasteiger partial charge in [0.25, 0.3) is 5.91 Å². The predicted molar refractivity (Wildman–Crippen MR) is 130 cm³/mol. The maximum absolute atomic E-state index is 12.7. The highest BCUT2D eigenvalue weighted by Crippen LogP contribution is 2.22. The van der Waals surface area contributed by atoms with Crippen LogP contribution in [0.1, 0.15) is 48.2 Å². The Labute approximate surface area is 196 Å². The van der Waals surface area contributed by atoms with Gasteiger partial charge in [-0.05, 0) is 66.3 Å². The molecule has 0 unspecified atom stereocenters. The van der Waals surface area contributed by atoms with Crippen molar-refractivity contribution in [1.82, 2.24) is 0 Å². The molecule has 0 aliphatic carbocycles. The van der Waals surface area contributed by atoms with Crippen LogP contribution in [0.15, 0.2) is 72.8 Å². The second kappa shape index (κ2) is 12.3. The summed E-state index contributed by atoms with van der Waals surface area (Å²) in [7, 11) is 0. The van der Waals surface area contributed by atoms with Crippen LogP contribution in [0.25, 0.3) is 0 Å². The van der Waals surface area contributed by atoms with Gasteiger partial charge in [0.15, 0.2) is 0 Å². The molecule has 1 N–H and O–H groups in total. The molecular formula is C28H30N2O3. The summed E-state index contributed by atoms with van der Waals surface area (Å²) in [6.45, 7) is 5.32. The van der Waals surface area contributed by atoms with Crippen LogP contribution in [-0.4, -0.2) is 12.5 Å². The lowest BCUT2D eigenvalue weighted by Gasteiger charge is -2.12. The SMILES string of the molecule is CC(C)Cc1ccc(COc2ccc(NC(=O)c3ccccc3OCCCC#N)cc2)cc1. The normalized spacial score (nSPS) is 10.5. The van der Waals surface area contributed by atoms with Crippen molar-refractivity contribution in [2.45, 2.75) is 39.7 Å². The smallest absolute Gasteiger partial charge is 0.259 e. The lowest BCUT2D eigenvalue weighted by Crippen LogP contribution is -2.14. The van der Waals surface area contributed by atoms with Crippen molar-refractivity contribution in [1.29, 1.82) is 5.26 Å². The molecule has 0 spiro atoms. The first-order valence-electron chi connectivity index (χ1n) is 11.3. The van der Waals surface area contributed by atoms with Crippen LogP contribution in [0.2, 0.25) is 0 Å². The van der Waals surface area contributed by atoms with Gasteiger partial charge in [0.1, 0.15) is 18.1 Å². The van der Waals surface area contributed by atoms with E-state index in [0.29, 0.717) is 49.0 Å². The van der Waals surface area contributed by atoms with E-state index in [4.69, 9.17) is 14.7 Å². The number of ether oxygens (including phenoxy) is 2. The summed E-state index contributed by atoms with van der Waals surface area (Å²) < 4.78 is 11.6. The van der Waals surface area contributed by atoms with Gasteiger partial charge in [-0.2, -0.15) is 5.26 Å². The number of anilines is 1. The van der Waals surface area contributed by atoms with E-state index in [1.807, 2.05) is 30.3 Å². The van der Waals surface area contributed by atoms with E-state index in [0.717, 1.165) is 17.7 Å². The summed E-state index contributed by atoms with van der Waals surface area (Å²) in [5.41, 5.74) is 3.58. The Morgan fingerprint density at radius 2 is 1.64 bits per heavy atom. The van der Waals surface area contributed by atoms with Gasteiger partial charge >= 0.3 is 0 Å². The number of carbonyl (C=O) groups excluding carboxylic acids is 1. The highest BCUT2D eigenvalue weighted by Gasteiger charge is 2.12. The van der Waals surface area contributed by atoms with Crippen molar-refractivity contribution in [2.75, 3.05) is 11.9 Å². The van der Waals surface area contributed by atoms with Crippen LogP contribution in [-0.2, 0) is 13.0 Å². The number of nitriles is 1. The topological polar surface area (TPSA) is 71.3 Å². The molecule has 0 saturated heterocycles. The Hall–Kier alpha value is -3.78. The van der Waals surface area contributed by atoms with Crippen molar-refractivity contribution in [3.63, 3.8) is 0 Å². The Morgan fingerprint density at radius 1 is 0.939 bits per heavy atom. The number of nitrogens with zero attached hydrogens (tertiary/aromatic N) is 1. The van der Waals surface area contributed by atoms with Crippen LogP contribution in [0.4, 0.5) is 5.69 Å². The molecule has 5 nitrogen and oxygen atoms in total. The molecule has 0 fully saturated rings. The van der Waals surface area contributed by atoms with E-state index >= 15 is 0 Å². The minimum atomic E-state index is -0.249. The van der Waals surface area contributed by atoms with E-state index in [2.05, 4.69) is 49.5 Å². The van der Waals surface area contributed by atoms with E-state index in [-0.39, 0.29) is 5.91 Å². The molecule has 3 rings (SSSR count). The number of benzene rings is 3. The molecule has 170 valence electrons. The molecule has 0 radical (unpaired) electrons. The largest absolute Gasteiger partial charge is 0.493 e. The molecule has 3 aromatic rings. The fourth-order valence-electron chi connectivity index (χ4n) is 3.36. The second-order valence-corrected chi connectivity index (χ2v) is 8.29. The van der Waals surface area contributed by atoms with Gasteiger partial charge in [-0.15, -0.1) is 0 Å². The molecule has 0 heterocycles. The molecule has 3 aromatic carbocycles. The molecule has 0 aliphatic heterocycles. The van der Waals surface area contributed by atoms with Crippen molar-refractivity contribution in [3.05, 3.63) is 89.5 Å². The molecule has 0 aromatic heterocycles. The van der Waals surface area contributed by atoms with Crippen LogP contribution >= 0.6 is 0 Å². The maximum Gasteiger partial charge on any atom is 0.259 e. The van der Waals surface area contributed by atoms with Crippen molar-refractivity contribution in [2.24, 2.45) is 5.92 Å². The quantitative estimate of drug-likeness (QED) is 0.349. The summed E-state index contributed by atoms with van der Waals surface area (Å²) in [5.74, 6) is 1.63. The van der Waals surface area contributed by atoms with Crippen LogP contribution in [0, 0.1) is 17.2 Å². The van der Waals surface area contributed by atoms with Crippen LogP contribution < -0.4 is 14.8 Å². The molecule has 33 heavy (non-hydrogen) atoms. The van der Waals surface area contributed by atoms with Crippen molar-refractivity contribution >= 4 is 11.6 Å². The summed E-state index contributed by atoms with van der Waals surface area (Å²) in [5, 5.41) is 11.5. The monoisotopic (exact) mass is 442 g/mol. The highest BCUT2D eigenvalue weighted by molar-refractivity contribution is 6.06. The van der Waals surface area contributed by atoms with E-state index in [1.165, 1.54) is 5.56 Å². The standard InChI is InChI=1S/C28H30N2O3/c1-21(2)19-22-9-11-23(12-10-22)20-33-25-15-13-24(14-16-25)30-28(31)26-7-3-4-8-27(26)32-18-6-5-17-29/h3-4,7-16,21H,5-6,18-20H2,1-2H3,(H,30,31). The number of carbonyl (C=O) groups is 1. The predicted octanol–water partition coefficient (Wildman–Crippen LogP) is 6.40. The zero-order valence-corrected chi connectivity index (χ0v) is 19.2. The number of hydrogen-bond donors (Lipinski definition) is 1. The first-order valence-corrected chi connectivity index (χ1v) is 11.3. The summed E-state index contributed by atoms with van der Waals surface area (Å²) >= 11 is 0. The number of hydrogen-bond acceptors (Lipinski definition) is 4. The van der Waals surface area contributed by atoms with Crippen LogP contribution in [0.5, 0.6) is 11.5 Å². The third kappa shape index (κ3) is 7.69. The number of para-hydroxylation sites is 1. The zero-order chi connectivity index (χ0) is 23.5. The molecule has 0 atom stereocenters. The Kier molecular flexibility index (Phi) is 8.90. The average Bonchev–Trinajstić information content (AvgIpc) is 2.82. The average molecular weight is 443 g/mol. The second-order valence-electron chi connectivity index (χ2n) is 8.29. The lowest BCUT2D eigenvalue weighted by atomic mass is 10.0. The maximum atomic E-state index is 12.7. The lowest BCUT2D eigenvalue weighted by molar-refractivity contribution is 0.102. The third-order valence-electron chi connectivity index (χ3n) is 5.01. The van der Waals surface area contributed by atoms with Crippen molar-refractivity contribution < 1.29 is 14.3 Å². The molecule has 0 saturated carbocycles. The van der Waals surface area contributed by atoms with Crippen LogP contribution in [0.3, 0.4) is 0 Å². The minimum Gasteiger partial charge on any atom is -0.493 e. The Balaban J connectivity index is 1.53. The molecule has 1 amide bonds. The Bertz CT molecular complexity index is 1070. The number of nitrogens with one attached hydrogen (secondary N) is 1. The third-order valence-corrected chi connectivity index (χ3v) is 5.01. The van der Waals surface area contributed by atoms with Gasteiger partial charge in [0, 0.05) is 12.1 Å². The number of rotatable bonds is 11. The fourth-order valence-corrected chi connectivity index (χ4v) is 3.36. The summed E-state index contributed by atoms with van der Waals surface area (Å²) in [4.78, 5) is 12.7. The molecular weight excluding hydrogens is 412 g/mol. The van der Waals surface area contributed by atoms with Crippen molar-refractivity contribution in [3.8, 4) is 17.6 Å². The minimum absolute atomic E-state index is 0.249. The fraction of sp³-hybridized carbons (Fsp3) is 0.286. The van der Waals surface area contributed by atoms with Gasteiger partial charge in [0.05, 0.1) is 18.2 Å². The van der Waals surface area contributed by atoms with Gasteiger partial charge in [-0.3, -0.25) is 4.79 Å². The number of amides is 1. The highest BCUT2D eigenvalue weighted by atomic mass is 16.5. The van der Waals surface area contributed by atoms with E-state index < -0.39 is 0 Å². The zero-order valence-electron chi connectivity index (χ0n) is 19.2. The van der Waals surface area contributed by atoms with Gasteiger partial charge in [0.2, 0.25) is 0 Å². The molecule has 5 heteroatoms. The molecule has 0 bridgehead atoms. The van der Waals surface area contributed by atoms with Gasteiger partial charge in [-0.25, -0.2) is 0 Å². The summed E-state index contributed by atoms with van der Waals surface area (Å²) in [6, 6.07) is 25.0. The van der Waals surface area contributed by atoms with Gasteiger partial charge < -0.3 is 14.8 Å². The first-order chi connectivity index (χ1) is 16.0.